The first-order chi connectivity index (χ1) is 9.65. The maximum Gasteiger partial charge on any atom is 0.226 e. The van der Waals surface area contributed by atoms with E-state index in [0.717, 1.165) is 37.9 Å². The van der Waals surface area contributed by atoms with Gasteiger partial charge < -0.3 is 20.9 Å². The summed E-state index contributed by atoms with van der Waals surface area (Å²) in [4.78, 5) is 10.8. The zero-order valence-electron chi connectivity index (χ0n) is 11.7. The van der Waals surface area contributed by atoms with Crippen molar-refractivity contribution in [3.63, 3.8) is 0 Å². The molecule has 1 aromatic rings. The number of aliphatic hydroxyl groups excluding tert-OH is 1. The molecule has 7 heteroatoms. The normalized spacial score (nSPS) is 20.8. The molecule has 0 saturated carbocycles. The van der Waals surface area contributed by atoms with E-state index in [1.807, 2.05) is 11.8 Å². The summed E-state index contributed by atoms with van der Waals surface area (Å²) >= 11 is 0. The Balaban J connectivity index is 2.36. The van der Waals surface area contributed by atoms with E-state index < -0.39 is 0 Å². The number of aryl methyl sites for hydroxylation is 1. The lowest BCUT2D eigenvalue weighted by molar-refractivity contribution is 0.254. The van der Waals surface area contributed by atoms with Gasteiger partial charge in [0.25, 0.3) is 0 Å². The van der Waals surface area contributed by atoms with Crippen molar-refractivity contribution in [2.75, 3.05) is 18.1 Å². The average molecular weight is 279 g/mol. The van der Waals surface area contributed by atoms with E-state index in [9.17, 15) is 5.11 Å². The number of oxime groups is 1. The van der Waals surface area contributed by atoms with Crippen LogP contribution in [0.15, 0.2) is 11.2 Å². The molecule has 0 aliphatic carbocycles. The molecule has 20 heavy (non-hydrogen) atoms. The van der Waals surface area contributed by atoms with Gasteiger partial charge in [-0.05, 0) is 25.8 Å². The summed E-state index contributed by atoms with van der Waals surface area (Å²) < 4.78 is 0. The van der Waals surface area contributed by atoms with Gasteiger partial charge in [-0.25, -0.2) is 9.97 Å². The second-order valence-corrected chi connectivity index (χ2v) is 5.06. The second-order valence-electron chi connectivity index (χ2n) is 5.06. The number of aliphatic hydroxyl groups is 1. The lowest BCUT2D eigenvalue weighted by Gasteiger charge is -2.29. The molecule has 1 fully saturated rings. The minimum absolute atomic E-state index is 0.0273. The van der Waals surface area contributed by atoms with Crippen LogP contribution in [-0.4, -0.2) is 45.3 Å². The highest BCUT2D eigenvalue weighted by atomic mass is 16.4. The van der Waals surface area contributed by atoms with Crippen LogP contribution in [0.1, 0.15) is 37.1 Å². The SMILES string of the molecule is Cc1cc(/C(N)=N/O)nc(N2CCCCCC2CO)n1. The highest BCUT2D eigenvalue weighted by molar-refractivity contribution is 5.95. The summed E-state index contributed by atoms with van der Waals surface area (Å²) in [5.74, 6) is 0.500. The molecule has 1 aliphatic rings. The van der Waals surface area contributed by atoms with Gasteiger partial charge in [0.2, 0.25) is 5.95 Å². The van der Waals surface area contributed by atoms with Crippen molar-refractivity contribution in [1.82, 2.24) is 9.97 Å². The van der Waals surface area contributed by atoms with Crippen LogP contribution in [0.2, 0.25) is 0 Å². The van der Waals surface area contributed by atoms with E-state index in [1.165, 1.54) is 0 Å². The van der Waals surface area contributed by atoms with Crippen LogP contribution in [0.5, 0.6) is 0 Å². The van der Waals surface area contributed by atoms with Gasteiger partial charge in [0.1, 0.15) is 5.69 Å². The van der Waals surface area contributed by atoms with Crippen LogP contribution in [0.25, 0.3) is 0 Å². The molecule has 0 spiro atoms. The first kappa shape index (κ1) is 14.5. The highest BCUT2D eigenvalue weighted by Crippen LogP contribution is 2.21. The standard InChI is InChI=1S/C13H21N5O2/c1-9-7-11(12(14)17-20)16-13(15-9)18-6-4-2-3-5-10(18)8-19/h7,10,19-20H,2-6,8H2,1H3,(H2,14,17). The van der Waals surface area contributed by atoms with Crippen molar-refractivity contribution in [3.05, 3.63) is 17.5 Å². The number of hydrogen-bond donors (Lipinski definition) is 3. The van der Waals surface area contributed by atoms with Crippen molar-refractivity contribution < 1.29 is 10.3 Å². The molecule has 1 saturated heterocycles. The van der Waals surface area contributed by atoms with Gasteiger partial charge >= 0.3 is 0 Å². The predicted octanol–water partition coefficient (Wildman–Crippen LogP) is 0.621. The molecule has 2 rings (SSSR count). The third-order valence-corrected chi connectivity index (χ3v) is 3.56. The van der Waals surface area contributed by atoms with Gasteiger partial charge in [-0.3, -0.25) is 0 Å². The molecule has 0 aromatic carbocycles. The molecule has 1 aliphatic heterocycles. The third kappa shape index (κ3) is 3.16. The first-order valence-corrected chi connectivity index (χ1v) is 6.86. The van der Waals surface area contributed by atoms with E-state index >= 15 is 0 Å². The zero-order chi connectivity index (χ0) is 14.5. The van der Waals surface area contributed by atoms with Gasteiger partial charge in [0, 0.05) is 12.2 Å². The van der Waals surface area contributed by atoms with E-state index in [0.29, 0.717) is 11.6 Å². The molecular weight excluding hydrogens is 258 g/mol. The van der Waals surface area contributed by atoms with Gasteiger partial charge in [-0.1, -0.05) is 18.0 Å². The fourth-order valence-electron chi connectivity index (χ4n) is 2.49. The van der Waals surface area contributed by atoms with Crippen molar-refractivity contribution in [1.29, 1.82) is 0 Å². The summed E-state index contributed by atoms with van der Waals surface area (Å²) in [6, 6.07) is 1.70. The maximum atomic E-state index is 9.56. The zero-order valence-corrected chi connectivity index (χ0v) is 11.7. The van der Waals surface area contributed by atoms with Crippen molar-refractivity contribution >= 4 is 11.8 Å². The van der Waals surface area contributed by atoms with E-state index in [4.69, 9.17) is 10.9 Å². The number of anilines is 1. The summed E-state index contributed by atoms with van der Waals surface area (Å²) in [6.45, 7) is 2.73. The summed E-state index contributed by atoms with van der Waals surface area (Å²) in [6.07, 6.45) is 4.21. The van der Waals surface area contributed by atoms with Crippen LogP contribution in [0, 0.1) is 6.92 Å². The quantitative estimate of drug-likeness (QED) is 0.324. The van der Waals surface area contributed by atoms with Gasteiger partial charge in [0.15, 0.2) is 5.84 Å². The number of rotatable bonds is 3. The number of nitrogens with zero attached hydrogens (tertiary/aromatic N) is 4. The predicted molar refractivity (Wildman–Crippen MR) is 76.0 cm³/mol. The van der Waals surface area contributed by atoms with Crippen LogP contribution >= 0.6 is 0 Å². The second kappa shape index (κ2) is 6.51. The van der Waals surface area contributed by atoms with Gasteiger partial charge in [-0.2, -0.15) is 0 Å². The Morgan fingerprint density at radius 2 is 2.25 bits per heavy atom. The van der Waals surface area contributed by atoms with Crippen LogP contribution in [-0.2, 0) is 0 Å². The fourth-order valence-corrected chi connectivity index (χ4v) is 2.49. The van der Waals surface area contributed by atoms with E-state index in [2.05, 4.69) is 15.1 Å². The minimum Gasteiger partial charge on any atom is -0.409 e. The molecule has 1 atom stereocenters. The van der Waals surface area contributed by atoms with Crippen molar-refractivity contribution in [3.8, 4) is 0 Å². The fraction of sp³-hybridized carbons (Fsp3) is 0.615. The highest BCUT2D eigenvalue weighted by Gasteiger charge is 2.23. The maximum absolute atomic E-state index is 9.56. The van der Waals surface area contributed by atoms with Crippen LogP contribution in [0.4, 0.5) is 5.95 Å². The summed E-state index contributed by atoms with van der Waals surface area (Å²) in [5.41, 5.74) is 6.75. The molecule has 0 amide bonds. The minimum atomic E-state index is -0.0351. The lowest BCUT2D eigenvalue weighted by atomic mass is 10.1. The van der Waals surface area contributed by atoms with Gasteiger partial charge in [0.05, 0.1) is 12.6 Å². The van der Waals surface area contributed by atoms with E-state index in [1.54, 1.807) is 6.07 Å². The largest absolute Gasteiger partial charge is 0.409 e. The van der Waals surface area contributed by atoms with Gasteiger partial charge in [-0.15, -0.1) is 0 Å². The number of aromatic nitrogens is 2. The molecule has 2 heterocycles. The average Bonchev–Trinajstić information content (AvgIpc) is 2.70. The topological polar surface area (TPSA) is 108 Å². The molecule has 110 valence electrons. The Labute approximate surface area is 118 Å². The summed E-state index contributed by atoms with van der Waals surface area (Å²) in [7, 11) is 0. The summed E-state index contributed by atoms with van der Waals surface area (Å²) in [5, 5.41) is 21.3. The Bertz CT molecular complexity index is 492. The number of nitrogens with two attached hydrogens (primary N) is 1. The molecular formula is C13H21N5O2. The Morgan fingerprint density at radius 3 is 2.95 bits per heavy atom. The molecule has 0 bridgehead atoms. The Morgan fingerprint density at radius 1 is 1.45 bits per heavy atom. The molecule has 1 aromatic heterocycles. The number of amidine groups is 1. The van der Waals surface area contributed by atoms with Crippen molar-refractivity contribution in [2.24, 2.45) is 10.9 Å². The van der Waals surface area contributed by atoms with E-state index in [-0.39, 0.29) is 18.5 Å². The number of hydrogen-bond acceptors (Lipinski definition) is 6. The molecule has 7 nitrogen and oxygen atoms in total. The monoisotopic (exact) mass is 279 g/mol. The van der Waals surface area contributed by atoms with Crippen LogP contribution in [0.3, 0.4) is 0 Å². The lowest BCUT2D eigenvalue weighted by Crippen LogP contribution is -2.39. The smallest absolute Gasteiger partial charge is 0.226 e. The molecule has 4 N–H and O–H groups in total. The Hall–Kier alpha value is -1.89. The van der Waals surface area contributed by atoms with Crippen LogP contribution < -0.4 is 10.6 Å². The molecule has 1 unspecified atom stereocenters. The first-order valence-electron chi connectivity index (χ1n) is 6.86. The third-order valence-electron chi connectivity index (χ3n) is 3.56. The van der Waals surface area contributed by atoms with Crippen molar-refractivity contribution in [2.45, 2.75) is 38.6 Å². The Kier molecular flexibility index (Phi) is 4.73. The molecule has 0 radical (unpaired) electrons.